The van der Waals surface area contributed by atoms with Crippen LogP contribution in [0.25, 0.3) is 6.08 Å². The predicted octanol–water partition coefficient (Wildman–Crippen LogP) is 1.01. The number of carbonyl (C=O) groups excluding carboxylic acids is 1. The lowest BCUT2D eigenvalue weighted by molar-refractivity contribution is -0.128. The van der Waals surface area contributed by atoms with Crippen LogP contribution >= 0.6 is 0 Å². The number of aliphatic hydroxyl groups is 1. The predicted molar refractivity (Wildman–Crippen MR) is 82.6 cm³/mol. The summed E-state index contributed by atoms with van der Waals surface area (Å²) >= 11 is 0. The standard InChI is InChI=1S/C16H23N3O2/c1-16(2,21)13-18-8-10-19(11-9-18)15(20)6-5-14-4-3-7-17-12-14/h3-7,12,21H,8-11,13H2,1-2H3. The molecule has 0 unspecified atom stereocenters. The molecular weight excluding hydrogens is 266 g/mol. The van der Waals surface area contributed by atoms with Crippen molar-refractivity contribution in [2.75, 3.05) is 32.7 Å². The van der Waals surface area contributed by atoms with Crippen molar-refractivity contribution in [3.8, 4) is 0 Å². The summed E-state index contributed by atoms with van der Waals surface area (Å²) in [4.78, 5) is 20.2. The number of β-amino-alcohol motifs (C(OH)–C–C–N with tert-alkyl or cyclic N) is 1. The van der Waals surface area contributed by atoms with Gasteiger partial charge in [-0.2, -0.15) is 0 Å². The van der Waals surface area contributed by atoms with Crippen molar-refractivity contribution in [3.05, 3.63) is 36.2 Å². The van der Waals surface area contributed by atoms with Crippen molar-refractivity contribution in [3.63, 3.8) is 0 Å². The van der Waals surface area contributed by atoms with Gasteiger partial charge in [-0.05, 0) is 31.6 Å². The van der Waals surface area contributed by atoms with Gasteiger partial charge in [-0.3, -0.25) is 14.7 Å². The minimum absolute atomic E-state index is 0.0294. The van der Waals surface area contributed by atoms with Gasteiger partial charge in [0.1, 0.15) is 0 Å². The van der Waals surface area contributed by atoms with Crippen molar-refractivity contribution < 1.29 is 9.90 Å². The molecule has 0 radical (unpaired) electrons. The number of aromatic nitrogens is 1. The first-order valence-electron chi connectivity index (χ1n) is 7.26. The second kappa shape index (κ2) is 6.83. The molecule has 1 aromatic rings. The third-order valence-corrected chi connectivity index (χ3v) is 3.40. The quantitative estimate of drug-likeness (QED) is 0.841. The molecule has 1 aliphatic rings. The Hall–Kier alpha value is -1.72. The van der Waals surface area contributed by atoms with Crippen LogP contribution in [0, 0.1) is 0 Å². The van der Waals surface area contributed by atoms with Crippen molar-refractivity contribution in [1.29, 1.82) is 0 Å². The Morgan fingerprint density at radius 1 is 1.38 bits per heavy atom. The maximum absolute atomic E-state index is 12.1. The van der Waals surface area contributed by atoms with Crippen LogP contribution in [0.2, 0.25) is 0 Å². The Balaban J connectivity index is 1.82. The number of nitrogens with zero attached hydrogens (tertiary/aromatic N) is 3. The minimum Gasteiger partial charge on any atom is -0.389 e. The van der Waals surface area contributed by atoms with Gasteiger partial charge >= 0.3 is 0 Å². The zero-order chi connectivity index (χ0) is 15.3. The minimum atomic E-state index is -0.688. The van der Waals surface area contributed by atoms with Crippen LogP contribution in [-0.4, -0.2) is 64.1 Å². The molecule has 5 nitrogen and oxygen atoms in total. The fourth-order valence-electron chi connectivity index (χ4n) is 2.42. The Morgan fingerprint density at radius 2 is 2.10 bits per heavy atom. The second-order valence-corrected chi connectivity index (χ2v) is 6.03. The third-order valence-electron chi connectivity index (χ3n) is 3.40. The molecule has 1 aliphatic heterocycles. The summed E-state index contributed by atoms with van der Waals surface area (Å²) in [6.07, 6.45) is 6.83. The van der Waals surface area contributed by atoms with Crippen LogP contribution in [0.3, 0.4) is 0 Å². The molecule has 2 rings (SSSR count). The molecule has 0 spiro atoms. The monoisotopic (exact) mass is 289 g/mol. The summed E-state index contributed by atoms with van der Waals surface area (Å²) in [5.74, 6) is 0.0294. The highest BCUT2D eigenvalue weighted by molar-refractivity contribution is 5.91. The van der Waals surface area contributed by atoms with Crippen LogP contribution in [0.4, 0.5) is 0 Å². The van der Waals surface area contributed by atoms with E-state index in [1.165, 1.54) is 0 Å². The second-order valence-electron chi connectivity index (χ2n) is 6.03. The molecule has 1 N–H and O–H groups in total. The topological polar surface area (TPSA) is 56.7 Å². The molecule has 114 valence electrons. The molecule has 0 aromatic carbocycles. The summed E-state index contributed by atoms with van der Waals surface area (Å²) in [6.45, 7) is 7.26. The number of carbonyl (C=O) groups is 1. The summed E-state index contributed by atoms with van der Waals surface area (Å²) in [5.41, 5.74) is 0.235. The summed E-state index contributed by atoms with van der Waals surface area (Å²) in [7, 11) is 0. The highest BCUT2D eigenvalue weighted by atomic mass is 16.3. The first-order chi connectivity index (χ1) is 9.94. The molecule has 1 amide bonds. The lowest BCUT2D eigenvalue weighted by atomic mass is 10.1. The summed E-state index contributed by atoms with van der Waals surface area (Å²) in [6, 6.07) is 3.76. The van der Waals surface area contributed by atoms with E-state index < -0.39 is 5.60 Å². The van der Waals surface area contributed by atoms with E-state index in [0.717, 1.165) is 18.7 Å². The highest BCUT2D eigenvalue weighted by Crippen LogP contribution is 2.09. The third kappa shape index (κ3) is 5.28. The van der Waals surface area contributed by atoms with Crippen LogP contribution < -0.4 is 0 Å². The van der Waals surface area contributed by atoms with E-state index in [2.05, 4.69) is 9.88 Å². The largest absolute Gasteiger partial charge is 0.389 e. The van der Waals surface area contributed by atoms with Gasteiger partial charge in [0.05, 0.1) is 5.60 Å². The van der Waals surface area contributed by atoms with Crippen LogP contribution in [0.5, 0.6) is 0 Å². The lowest BCUT2D eigenvalue weighted by Crippen LogP contribution is -2.51. The van der Waals surface area contributed by atoms with Crippen LogP contribution in [-0.2, 0) is 4.79 Å². The van der Waals surface area contributed by atoms with E-state index in [1.807, 2.05) is 17.0 Å². The van der Waals surface area contributed by atoms with E-state index >= 15 is 0 Å². The molecule has 1 fully saturated rings. The number of pyridine rings is 1. The fourth-order valence-corrected chi connectivity index (χ4v) is 2.42. The zero-order valence-corrected chi connectivity index (χ0v) is 12.7. The summed E-state index contributed by atoms with van der Waals surface area (Å²) in [5, 5.41) is 9.82. The van der Waals surface area contributed by atoms with Crippen molar-refractivity contribution in [1.82, 2.24) is 14.8 Å². The number of amides is 1. The lowest BCUT2D eigenvalue weighted by Gasteiger charge is -2.36. The van der Waals surface area contributed by atoms with E-state index in [4.69, 9.17) is 0 Å². The van der Waals surface area contributed by atoms with Gasteiger partial charge in [-0.25, -0.2) is 0 Å². The average Bonchev–Trinajstić information content (AvgIpc) is 2.45. The molecular formula is C16H23N3O2. The number of hydrogen-bond donors (Lipinski definition) is 1. The highest BCUT2D eigenvalue weighted by Gasteiger charge is 2.23. The van der Waals surface area contributed by atoms with Crippen molar-refractivity contribution in [2.24, 2.45) is 0 Å². The molecule has 21 heavy (non-hydrogen) atoms. The normalized spacial score (nSPS) is 17.4. The van der Waals surface area contributed by atoms with E-state index in [0.29, 0.717) is 19.6 Å². The maximum Gasteiger partial charge on any atom is 0.246 e. The molecule has 1 saturated heterocycles. The smallest absolute Gasteiger partial charge is 0.246 e. The maximum atomic E-state index is 12.1. The van der Waals surface area contributed by atoms with Gasteiger partial charge in [0.25, 0.3) is 0 Å². The molecule has 2 heterocycles. The molecule has 0 saturated carbocycles. The van der Waals surface area contributed by atoms with Crippen LogP contribution in [0.15, 0.2) is 30.6 Å². The van der Waals surface area contributed by atoms with E-state index in [1.54, 1.807) is 38.4 Å². The van der Waals surface area contributed by atoms with E-state index in [-0.39, 0.29) is 5.91 Å². The SMILES string of the molecule is CC(C)(O)CN1CCN(C(=O)C=Cc2cccnc2)CC1. The Kier molecular flexibility index (Phi) is 5.09. The van der Waals surface area contributed by atoms with Crippen molar-refractivity contribution in [2.45, 2.75) is 19.4 Å². The number of rotatable bonds is 4. The Bertz CT molecular complexity index is 486. The van der Waals surface area contributed by atoms with Gasteiger partial charge in [-0.15, -0.1) is 0 Å². The number of piperazine rings is 1. The summed E-state index contributed by atoms with van der Waals surface area (Å²) < 4.78 is 0. The van der Waals surface area contributed by atoms with Gasteiger partial charge in [0, 0.05) is 51.2 Å². The molecule has 0 atom stereocenters. The number of hydrogen-bond acceptors (Lipinski definition) is 4. The van der Waals surface area contributed by atoms with Crippen molar-refractivity contribution >= 4 is 12.0 Å². The van der Waals surface area contributed by atoms with E-state index in [9.17, 15) is 9.90 Å². The van der Waals surface area contributed by atoms with Gasteiger partial charge in [-0.1, -0.05) is 6.07 Å². The zero-order valence-electron chi connectivity index (χ0n) is 12.7. The molecule has 1 aromatic heterocycles. The van der Waals surface area contributed by atoms with Gasteiger partial charge in [0.15, 0.2) is 0 Å². The van der Waals surface area contributed by atoms with Crippen LogP contribution in [0.1, 0.15) is 19.4 Å². The first-order valence-corrected chi connectivity index (χ1v) is 7.26. The van der Waals surface area contributed by atoms with Gasteiger partial charge < -0.3 is 10.0 Å². The first kappa shape index (κ1) is 15.7. The average molecular weight is 289 g/mol. The fraction of sp³-hybridized carbons (Fsp3) is 0.500. The molecule has 0 bridgehead atoms. The molecule has 5 heteroatoms. The molecule has 0 aliphatic carbocycles. The van der Waals surface area contributed by atoms with Gasteiger partial charge in [0.2, 0.25) is 5.91 Å². The Labute approximate surface area is 125 Å². The Morgan fingerprint density at radius 3 is 2.67 bits per heavy atom.